The molecule has 0 atom stereocenters. The van der Waals surface area contributed by atoms with Crippen LogP contribution in [0.4, 0.5) is 5.69 Å². The van der Waals surface area contributed by atoms with Gasteiger partial charge in [-0.2, -0.15) is 0 Å². The van der Waals surface area contributed by atoms with Crippen LogP contribution in [-0.4, -0.2) is 48.6 Å². The topological polar surface area (TPSA) is 32.5 Å². The van der Waals surface area contributed by atoms with E-state index in [1.807, 2.05) is 12.1 Å². The molecular weight excluding hydrogens is 246 g/mol. The summed E-state index contributed by atoms with van der Waals surface area (Å²) in [5, 5.41) is 0. The summed E-state index contributed by atoms with van der Waals surface area (Å²) >= 11 is 0. The fraction of sp³-hybridized carbons (Fsp3) is 0.647. The molecule has 0 spiro atoms. The van der Waals surface area contributed by atoms with Crippen molar-refractivity contribution >= 4 is 5.69 Å². The molecule has 1 aliphatic heterocycles. The summed E-state index contributed by atoms with van der Waals surface area (Å²) in [5.41, 5.74) is 8.58. The number of nitrogens with zero attached hydrogens (tertiary/aromatic N) is 2. The molecule has 1 aromatic rings. The van der Waals surface area contributed by atoms with Crippen LogP contribution in [0.2, 0.25) is 0 Å². The van der Waals surface area contributed by atoms with Gasteiger partial charge in [0.25, 0.3) is 0 Å². The lowest BCUT2D eigenvalue weighted by atomic mass is 9.94. The third-order valence-corrected chi connectivity index (χ3v) is 5.04. The molecule has 3 nitrogen and oxygen atoms in total. The highest BCUT2D eigenvalue weighted by molar-refractivity contribution is 5.43. The minimum atomic E-state index is 0.424. The van der Waals surface area contributed by atoms with Gasteiger partial charge in [-0.25, -0.2) is 0 Å². The van der Waals surface area contributed by atoms with Crippen LogP contribution in [0.5, 0.6) is 0 Å². The largest absolute Gasteiger partial charge is 0.399 e. The molecule has 0 unspecified atom stereocenters. The second-order valence-corrected chi connectivity index (χ2v) is 6.81. The molecule has 2 fully saturated rings. The van der Waals surface area contributed by atoms with E-state index in [2.05, 4.69) is 35.8 Å². The highest BCUT2D eigenvalue weighted by atomic mass is 15.3. The molecule has 1 saturated carbocycles. The molecule has 1 saturated heterocycles. The van der Waals surface area contributed by atoms with E-state index in [1.165, 1.54) is 51.1 Å². The van der Waals surface area contributed by atoms with Crippen molar-refractivity contribution in [1.29, 1.82) is 0 Å². The molecule has 0 aromatic heterocycles. The van der Waals surface area contributed by atoms with Crippen molar-refractivity contribution in [3.8, 4) is 0 Å². The van der Waals surface area contributed by atoms with Crippen molar-refractivity contribution in [2.75, 3.05) is 38.5 Å². The van der Waals surface area contributed by atoms with E-state index in [9.17, 15) is 0 Å². The Morgan fingerprint density at radius 3 is 2.15 bits per heavy atom. The summed E-state index contributed by atoms with van der Waals surface area (Å²) in [5.74, 6) is 0. The van der Waals surface area contributed by atoms with Gasteiger partial charge >= 0.3 is 0 Å². The van der Waals surface area contributed by atoms with Crippen LogP contribution in [0.25, 0.3) is 0 Å². The summed E-state index contributed by atoms with van der Waals surface area (Å²) in [4.78, 5) is 5.24. The lowest BCUT2D eigenvalue weighted by molar-refractivity contribution is 0.102. The highest BCUT2D eigenvalue weighted by Gasteiger charge is 2.45. The lowest BCUT2D eigenvalue weighted by Crippen LogP contribution is -2.50. The predicted octanol–water partition coefficient (Wildman–Crippen LogP) is 2.33. The van der Waals surface area contributed by atoms with Crippen LogP contribution < -0.4 is 5.73 Å². The van der Waals surface area contributed by atoms with Gasteiger partial charge in [-0.1, -0.05) is 12.1 Å². The second-order valence-electron chi connectivity index (χ2n) is 6.81. The minimum Gasteiger partial charge on any atom is -0.399 e. The molecule has 3 rings (SSSR count). The van der Waals surface area contributed by atoms with Crippen molar-refractivity contribution in [3.63, 3.8) is 0 Å². The van der Waals surface area contributed by atoms with E-state index in [1.54, 1.807) is 0 Å². The summed E-state index contributed by atoms with van der Waals surface area (Å²) in [6, 6.07) is 9.24. The van der Waals surface area contributed by atoms with Crippen LogP contribution in [0.15, 0.2) is 24.3 Å². The Morgan fingerprint density at radius 2 is 1.65 bits per heavy atom. The molecule has 0 amide bonds. The number of benzene rings is 1. The molecule has 1 heterocycles. The van der Waals surface area contributed by atoms with Crippen LogP contribution in [0.1, 0.15) is 32.3 Å². The Morgan fingerprint density at radius 1 is 1.05 bits per heavy atom. The first-order chi connectivity index (χ1) is 9.59. The van der Waals surface area contributed by atoms with Crippen molar-refractivity contribution in [2.24, 2.45) is 0 Å². The van der Waals surface area contributed by atoms with Gasteiger partial charge in [0.05, 0.1) is 0 Å². The Kier molecular flexibility index (Phi) is 3.74. The molecule has 3 heteroatoms. The van der Waals surface area contributed by atoms with Gasteiger partial charge in [0, 0.05) is 49.9 Å². The van der Waals surface area contributed by atoms with Gasteiger partial charge in [-0.15, -0.1) is 0 Å². The maximum absolute atomic E-state index is 5.80. The van der Waals surface area contributed by atoms with E-state index >= 15 is 0 Å². The zero-order chi connectivity index (χ0) is 14.2. The average molecular weight is 273 g/mol. The molecule has 2 N–H and O–H groups in total. The van der Waals surface area contributed by atoms with Gasteiger partial charge in [0.1, 0.15) is 0 Å². The Labute approximate surface area is 122 Å². The number of nitrogen functional groups attached to an aromatic ring is 1. The second kappa shape index (κ2) is 5.38. The van der Waals surface area contributed by atoms with Crippen molar-refractivity contribution < 1.29 is 0 Å². The fourth-order valence-electron chi connectivity index (χ4n) is 3.39. The average Bonchev–Trinajstić information content (AvgIpc) is 3.21. The lowest BCUT2D eigenvalue weighted by Gasteiger charge is -2.38. The number of anilines is 1. The number of nitrogens with two attached hydrogens (primary N) is 1. The van der Waals surface area contributed by atoms with E-state index < -0.39 is 0 Å². The van der Waals surface area contributed by atoms with Crippen LogP contribution in [0, 0.1) is 0 Å². The van der Waals surface area contributed by atoms with Gasteiger partial charge in [0.2, 0.25) is 0 Å². The van der Waals surface area contributed by atoms with E-state index in [4.69, 9.17) is 5.73 Å². The van der Waals surface area contributed by atoms with Gasteiger partial charge in [-0.3, -0.25) is 9.80 Å². The standard InChI is InChI=1S/C17H27N3/c1-14(2)20-11-9-19(10-12-20)13-17(7-8-17)15-3-5-16(18)6-4-15/h3-6,14H,7-13,18H2,1-2H3. The first-order valence-corrected chi connectivity index (χ1v) is 7.91. The van der Waals surface area contributed by atoms with E-state index in [0.29, 0.717) is 11.5 Å². The quantitative estimate of drug-likeness (QED) is 0.855. The number of hydrogen-bond donors (Lipinski definition) is 1. The number of hydrogen-bond acceptors (Lipinski definition) is 3. The Bertz CT molecular complexity index is 440. The van der Waals surface area contributed by atoms with Gasteiger partial charge in [-0.05, 0) is 44.4 Å². The molecule has 0 bridgehead atoms. The smallest absolute Gasteiger partial charge is 0.0314 e. The SMILES string of the molecule is CC(C)N1CCN(CC2(c3ccc(N)cc3)CC2)CC1. The maximum atomic E-state index is 5.80. The Balaban J connectivity index is 1.60. The summed E-state index contributed by atoms with van der Waals surface area (Å²) < 4.78 is 0. The minimum absolute atomic E-state index is 0.424. The maximum Gasteiger partial charge on any atom is 0.0314 e. The van der Waals surface area contributed by atoms with Crippen LogP contribution >= 0.6 is 0 Å². The first kappa shape index (κ1) is 13.9. The number of rotatable bonds is 4. The van der Waals surface area contributed by atoms with Crippen molar-refractivity contribution in [2.45, 2.75) is 38.1 Å². The van der Waals surface area contributed by atoms with Gasteiger partial charge in [0.15, 0.2) is 0 Å². The van der Waals surface area contributed by atoms with Crippen LogP contribution in [-0.2, 0) is 5.41 Å². The van der Waals surface area contributed by atoms with E-state index in [-0.39, 0.29) is 0 Å². The fourth-order valence-corrected chi connectivity index (χ4v) is 3.39. The normalized spacial score (nSPS) is 23.1. The zero-order valence-corrected chi connectivity index (χ0v) is 12.8. The van der Waals surface area contributed by atoms with Crippen LogP contribution in [0.3, 0.4) is 0 Å². The van der Waals surface area contributed by atoms with Gasteiger partial charge < -0.3 is 5.73 Å². The Hall–Kier alpha value is -1.06. The highest BCUT2D eigenvalue weighted by Crippen LogP contribution is 2.48. The summed E-state index contributed by atoms with van der Waals surface area (Å²) in [6.45, 7) is 10.7. The summed E-state index contributed by atoms with van der Waals surface area (Å²) in [7, 11) is 0. The van der Waals surface area contributed by atoms with Crippen molar-refractivity contribution in [3.05, 3.63) is 29.8 Å². The molecule has 110 valence electrons. The third kappa shape index (κ3) is 2.84. The molecule has 20 heavy (non-hydrogen) atoms. The molecule has 1 aromatic carbocycles. The first-order valence-electron chi connectivity index (χ1n) is 7.91. The van der Waals surface area contributed by atoms with E-state index in [0.717, 1.165) is 5.69 Å². The molecule has 2 aliphatic rings. The number of piperazine rings is 1. The molecule has 0 radical (unpaired) electrons. The monoisotopic (exact) mass is 273 g/mol. The molecular formula is C17H27N3. The molecule has 1 aliphatic carbocycles. The zero-order valence-electron chi connectivity index (χ0n) is 12.8. The summed E-state index contributed by atoms with van der Waals surface area (Å²) in [6.07, 6.45) is 2.67. The predicted molar refractivity (Wildman–Crippen MR) is 84.9 cm³/mol. The third-order valence-electron chi connectivity index (χ3n) is 5.04. The van der Waals surface area contributed by atoms with Crippen molar-refractivity contribution in [1.82, 2.24) is 9.80 Å².